The van der Waals surface area contributed by atoms with E-state index in [-0.39, 0.29) is 11.8 Å². The van der Waals surface area contributed by atoms with Crippen molar-refractivity contribution in [3.8, 4) is 0 Å². The van der Waals surface area contributed by atoms with Crippen LogP contribution in [-0.4, -0.2) is 74.0 Å². The summed E-state index contributed by atoms with van der Waals surface area (Å²) in [7, 11) is -3.16. The molecule has 0 aliphatic carbocycles. The van der Waals surface area contributed by atoms with Gasteiger partial charge in [-0.15, -0.1) is 0 Å². The van der Waals surface area contributed by atoms with E-state index in [4.69, 9.17) is 0 Å². The van der Waals surface area contributed by atoms with Crippen LogP contribution in [0.15, 0.2) is 24.5 Å². The molecule has 0 N–H and O–H groups in total. The normalized spacial score (nSPS) is 20.8. The molecule has 7 nitrogen and oxygen atoms in total. The number of pyridine rings is 1. The highest BCUT2D eigenvalue weighted by molar-refractivity contribution is 7.88. The second-order valence-corrected chi connectivity index (χ2v) is 7.78. The highest BCUT2D eigenvalue weighted by atomic mass is 32.2. The number of carbonyl (C=O) groups excluding carboxylic acids is 1. The molecule has 0 aromatic carbocycles. The molecule has 0 unspecified atom stereocenters. The molecule has 2 fully saturated rings. The summed E-state index contributed by atoms with van der Waals surface area (Å²) < 4.78 is 24.0. The summed E-state index contributed by atoms with van der Waals surface area (Å²) in [5.74, 6) is -0.100. The van der Waals surface area contributed by atoms with Crippen molar-refractivity contribution in [2.24, 2.45) is 5.92 Å². The van der Waals surface area contributed by atoms with Crippen LogP contribution >= 0.6 is 0 Å². The molecular weight excluding hydrogens is 304 g/mol. The Kier molecular flexibility index (Phi) is 4.05. The van der Waals surface area contributed by atoms with Crippen molar-refractivity contribution in [1.82, 2.24) is 14.2 Å². The lowest BCUT2D eigenvalue weighted by molar-refractivity contribution is -0.139. The molecule has 0 saturated carbocycles. The molecule has 0 bridgehead atoms. The van der Waals surface area contributed by atoms with E-state index in [0.29, 0.717) is 26.2 Å². The fourth-order valence-corrected chi connectivity index (χ4v) is 3.76. The van der Waals surface area contributed by atoms with E-state index in [9.17, 15) is 13.2 Å². The van der Waals surface area contributed by atoms with Crippen LogP contribution in [0.3, 0.4) is 0 Å². The number of amides is 1. The Labute approximate surface area is 130 Å². The zero-order valence-corrected chi connectivity index (χ0v) is 13.4. The van der Waals surface area contributed by atoms with Gasteiger partial charge < -0.3 is 9.80 Å². The number of nitrogens with zero attached hydrogens (tertiary/aromatic N) is 4. The van der Waals surface area contributed by atoms with Gasteiger partial charge in [-0.3, -0.25) is 9.78 Å². The van der Waals surface area contributed by atoms with Gasteiger partial charge in [0.05, 0.1) is 12.2 Å². The van der Waals surface area contributed by atoms with Crippen LogP contribution in [0, 0.1) is 5.92 Å². The molecule has 120 valence electrons. The Morgan fingerprint density at radius 2 is 1.73 bits per heavy atom. The Morgan fingerprint density at radius 3 is 2.27 bits per heavy atom. The van der Waals surface area contributed by atoms with E-state index in [1.165, 1.54) is 10.6 Å². The summed E-state index contributed by atoms with van der Waals surface area (Å²) >= 11 is 0. The molecule has 1 amide bonds. The van der Waals surface area contributed by atoms with Gasteiger partial charge in [0.1, 0.15) is 0 Å². The van der Waals surface area contributed by atoms with Gasteiger partial charge in [0.25, 0.3) is 0 Å². The predicted octanol–water partition coefficient (Wildman–Crippen LogP) is -0.378. The lowest BCUT2D eigenvalue weighted by Crippen LogP contribution is -2.58. The number of aromatic nitrogens is 1. The summed E-state index contributed by atoms with van der Waals surface area (Å²) in [6.45, 7) is 3.58. The SMILES string of the molecule is CS(=O)(=O)N1CC(C(=O)N2CCN(c3ccncc3)CC2)C1. The van der Waals surface area contributed by atoms with E-state index in [0.717, 1.165) is 18.8 Å². The van der Waals surface area contributed by atoms with Gasteiger partial charge in [-0.2, -0.15) is 0 Å². The smallest absolute Gasteiger partial charge is 0.228 e. The van der Waals surface area contributed by atoms with Crippen LogP contribution in [0.2, 0.25) is 0 Å². The van der Waals surface area contributed by atoms with Crippen molar-refractivity contribution in [3.63, 3.8) is 0 Å². The molecule has 2 aliphatic heterocycles. The molecule has 0 spiro atoms. The Hall–Kier alpha value is -1.67. The van der Waals surface area contributed by atoms with Crippen molar-refractivity contribution in [2.75, 3.05) is 50.4 Å². The number of hydrogen-bond acceptors (Lipinski definition) is 5. The van der Waals surface area contributed by atoms with Crippen LogP contribution in [0.4, 0.5) is 5.69 Å². The number of sulfonamides is 1. The molecule has 8 heteroatoms. The molecule has 22 heavy (non-hydrogen) atoms. The maximum atomic E-state index is 12.4. The van der Waals surface area contributed by atoms with Crippen LogP contribution in [0.1, 0.15) is 0 Å². The van der Waals surface area contributed by atoms with Gasteiger partial charge in [-0.05, 0) is 12.1 Å². The monoisotopic (exact) mass is 324 g/mol. The number of anilines is 1. The minimum Gasteiger partial charge on any atom is -0.368 e. The fraction of sp³-hybridized carbons (Fsp3) is 0.571. The third-order valence-electron chi connectivity index (χ3n) is 4.29. The van der Waals surface area contributed by atoms with Crippen LogP contribution in [0.5, 0.6) is 0 Å². The number of hydrogen-bond donors (Lipinski definition) is 0. The second kappa shape index (κ2) is 5.85. The number of rotatable bonds is 3. The topological polar surface area (TPSA) is 73.8 Å². The fourth-order valence-electron chi connectivity index (χ4n) is 2.86. The van der Waals surface area contributed by atoms with Crippen molar-refractivity contribution in [2.45, 2.75) is 0 Å². The van der Waals surface area contributed by atoms with Crippen molar-refractivity contribution in [3.05, 3.63) is 24.5 Å². The zero-order valence-electron chi connectivity index (χ0n) is 12.6. The first-order valence-corrected chi connectivity index (χ1v) is 9.19. The van der Waals surface area contributed by atoms with E-state index in [1.807, 2.05) is 17.0 Å². The summed E-state index contributed by atoms with van der Waals surface area (Å²) in [6, 6.07) is 3.93. The summed E-state index contributed by atoms with van der Waals surface area (Å²) in [5, 5.41) is 0. The third-order valence-corrected chi connectivity index (χ3v) is 5.52. The van der Waals surface area contributed by atoms with Gasteiger partial charge in [-0.1, -0.05) is 0 Å². The Morgan fingerprint density at radius 1 is 1.14 bits per heavy atom. The first kappa shape index (κ1) is 15.2. The third kappa shape index (κ3) is 3.07. The van der Waals surface area contributed by atoms with Gasteiger partial charge in [0.15, 0.2) is 0 Å². The first-order chi connectivity index (χ1) is 10.4. The highest BCUT2D eigenvalue weighted by Crippen LogP contribution is 2.22. The average Bonchev–Trinajstić information content (AvgIpc) is 2.45. The maximum absolute atomic E-state index is 12.4. The molecule has 0 radical (unpaired) electrons. The molecule has 3 heterocycles. The van der Waals surface area contributed by atoms with Crippen LogP contribution in [-0.2, 0) is 14.8 Å². The molecule has 2 saturated heterocycles. The molecule has 0 atom stereocenters. The highest BCUT2D eigenvalue weighted by Gasteiger charge is 2.40. The molecule has 1 aromatic rings. The van der Waals surface area contributed by atoms with E-state index < -0.39 is 10.0 Å². The zero-order chi connectivity index (χ0) is 15.7. The van der Waals surface area contributed by atoms with Crippen molar-refractivity contribution < 1.29 is 13.2 Å². The van der Waals surface area contributed by atoms with Gasteiger partial charge >= 0.3 is 0 Å². The number of carbonyl (C=O) groups is 1. The Balaban J connectivity index is 1.51. The average molecular weight is 324 g/mol. The molecule has 1 aromatic heterocycles. The van der Waals surface area contributed by atoms with Crippen molar-refractivity contribution >= 4 is 21.6 Å². The van der Waals surface area contributed by atoms with Crippen molar-refractivity contribution in [1.29, 1.82) is 0 Å². The number of piperazine rings is 1. The lowest BCUT2D eigenvalue weighted by Gasteiger charge is -2.42. The van der Waals surface area contributed by atoms with Crippen LogP contribution in [0.25, 0.3) is 0 Å². The van der Waals surface area contributed by atoms with Gasteiger partial charge in [-0.25, -0.2) is 12.7 Å². The molecular formula is C14H20N4O3S. The quantitative estimate of drug-likeness (QED) is 0.758. The lowest BCUT2D eigenvalue weighted by atomic mass is 10.0. The van der Waals surface area contributed by atoms with E-state index in [1.54, 1.807) is 12.4 Å². The standard InChI is InChI=1S/C14H20N4O3S/c1-22(20,21)18-10-12(11-18)14(19)17-8-6-16(7-9-17)13-2-4-15-5-3-13/h2-5,12H,6-11H2,1H3. The largest absolute Gasteiger partial charge is 0.368 e. The van der Waals surface area contributed by atoms with Gasteiger partial charge in [0, 0.05) is 57.3 Å². The minimum absolute atomic E-state index is 0.0780. The molecule has 3 rings (SSSR count). The van der Waals surface area contributed by atoms with Gasteiger partial charge in [0.2, 0.25) is 15.9 Å². The maximum Gasteiger partial charge on any atom is 0.228 e. The predicted molar refractivity (Wildman–Crippen MR) is 82.9 cm³/mol. The van der Waals surface area contributed by atoms with E-state index >= 15 is 0 Å². The Bertz CT molecular complexity index is 635. The van der Waals surface area contributed by atoms with Crippen LogP contribution < -0.4 is 4.90 Å². The molecule has 2 aliphatic rings. The summed E-state index contributed by atoms with van der Waals surface area (Å²) in [5.41, 5.74) is 1.12. The second-order valence-electron chi connectivity index (χ2n) is 5.79. The first-order valence-electron chi connectivity index (χ1n) is 7.34. The summed E-state index contributed by atoms with van der Waals surface area (Å²) in [6.07, 6.45) is 4.71. The van der Waals surface area contributed by atoms with E-state index in [2.05, 4.69) is 9.88 Å². The summed E-state index contributed by atoms with van der Waals surface area (Å²) in [4.78, 5) is 20.5. The minimum atomic E-state index is -3.16.